The van der Waals surface area contributed by atoms with E-state index in [1.54, 1.807) is 17.0 Å². The van der Waals surface area contributed by atoms with Crippen LogP contribution < -0.4 is 0 Å². The van der Waals surface area contributed by atoms with Gasteiger partial charge in [0.15, 0.2) is 0 Å². The SMILES string of the molecule is Cc1ccc(S(=O)(=O)N2CCN(C(=O)CCn3nc(C)c(Br)c3C)CC2)cc1C. The molecule has 9 heteroatoms. The molecule has 1 aromatic heterocycles. The third-order valence-corrected chi connectivity index (χ3v) is 8.58. The molecule has 0 saturated carbocycles. The first-order valence-corrected chi connectivity index (χ1v) is 11.9. The van der Waals surface area contributed by atoms with Gasteiger partial charge in [-0.25, -0.2) is 8.42 Å². The summed E-state index contributed by atoms with van der Waals surface area (Å²) < 4.78 is 30.1. The fourth-order valence-corrected chi connectivity index (χ4v) is 5.25. The number of hydrogen-bond acceptors (Lipinski definition) is 4. The van der Waals surface area contributed by atoms with Gasteiger partial charge in [-0.3, -0.25) is 9.48 Å². The minimum Gasteiger partial charge on any atom is -0.340 e. The summed E-state index contributed by atoms with van der Waals surface area (Å²) in [4.78, 5) is 14.6. The fourth-order valence-electron chi connectivity index (χ4n) is 3.45. The molecule has 1 amide bonds. The van der Waals surface area contributed by atoms with E-state index in [-0.39, 0.29) is 5.91 Å². The van der Waals surface area contributed by atoms with E-state index in [1.165, 1.54) is 4.31 Å². The molecule has 0 bridgehead atoms. The molecule has 0 atom stereocenters. The minimum atomic E-state index is -3.54. The minimum absolute atomic E-state index is 0.0249. The molecular weight excluding hydrogens is 456 g/mol. The number of aromatic nitrogens is 2. The molecule has 7 nitrogen and oxygen atoms in total. The van der Waals surface area contributed by atoms with Gasteiger partial charge in [0.05, 0.1) is 21.6 Å². The summed E-state index contributed by atoms with van der Waals surface area (Å²) in [6, 6.07) is 5.20. The smallest absolute Gasteiger partial charge is 0.243 e. The first-order chi connectivity index (χ1) is 13.6. The van der Waals surface area contributed by atoms with E-state index in [9.17, 15) is 13.2 Å². The summed E-state index contributed by atoms with van der Waals surface area (Å²) in [6.07, 6.45) is 0.346. The molecule has 0 unspecified atom stereocenters. The number of carbonyl (C=O) groups is 1. The molecule has 2 heterocycles. The topological polar surface area (TPSA) is 75.5 Å². The molecule has 1 fully saturated rings. The van der Waals surface area contributed by atoms with Crippen LogP contribution in [-0.2, 0) is 21.4 Å². The highest BCUT2D eigenvalue weighted by Crippen LogP contribution is 2.22. The van der Waals surface area contributed by atoms with Crippen LogP contribution in [-0.4, -0.2) is 59.5 Å². The Bertz CT molecular complexity index is 1020. The van der Waals surface area contributed by atoms with E-state index in [0.717, 1.165) is 27.0 Å². The Morgan fingerprint density at radius 3 is 2.28 bits per heavy atom. The van der Waals surface area contributed by atoms with Gasteiger partial charge in [0.2, 0.25) is 15.9 Å². The van der Waals surface area contributed by atoms with Gasteiger partial charge < -0.3 is 4.90 Å². The van der Waals surface area contributed by atoms with Crippen molar-refractivity contribution in [2.75, 3.05) is 26.2 Å². The van der Waals surface area contributed by atoms with Gasteiger partial charge in [0.1, 0.15) is 0 Å². The van der Waals surface area contributed by atoms with E-state index in [0.29, 0.717) is 44.0 Å². The quantitative estimate of drug-likeness (QED) is 0.656. The van der Waals surface area contributed by atoms with E-state index in [4.69, 9.17) is 0 Å². The van der Waals surface area contributed by atoms with Gasteiger partial charge in [0.25, 0.3) is 0 Å². The molecule has 1 aliphatic heterocycles. The molecule has 0 aliphatic carbocycles. The van der Waals surface area contributed by atoms with Gasteiger partial charge in [-0.05, 0) is 66.9 Å². The maximum atomic E-state index is 12.9. The maximum Gasteiger partial charge on any atom is 0.243 e. The van der Waals surface area contributed by atoms with Crippen molar-refractivity contribution in [2.45, 2.75) is 45.6 Å². The van der Waals surface area contributed by atoms with Crippen molar-refractivity contribution >= 4 is 31.9 Å². The number of piperazine rings is 1. The molecule has 0 N–H and O–H groups in total. The van der Waals surface area contributed by atoms with E-state index in [2.05, 4.69) is 21.0 Å². The van der Waals surface area contributed by atoms with Crippen molar-refractivity contribution in [3.63, 3.8) is 0 Å². The van der Waals surface area contributed by atoms with Crippen LogP contribution in [0.2, 0.25) is 0 Å². The molecular formula is C20H27BrN4O3S. The lowest BCUT2D eigenvalue weighted by molar-refractivity contribution is -0.132. The van der Waals surface area contributed by atoms with E-state index in [1.807, 2.05) is 38.4 Å². The maximum absolute atomic E-state index is 12.9. The van der Waals surface area contributed by atoms with Gasteiger partial charge in [-0.2, -0.15) is 9.40 Å². The second kappa shape index (κ2) is 8.57. The van der Waals surface area contributed by atoms with Crippen molar-refractivity contribution in [1.29, 1.82) is 0 Å². The molecule has 1 aromatic carbocycles. The zero-order valence-corrected chi connectivity index (χ0v) is 19.7. The molecule has 2 aromatic rings. The lowest BCUT2D eigenvalue weighted by Gasteiger charge is -2.34. The fraction of sp³-hybridized carbons (Fsp3) is 0.500. The number of rotatable bonds is 5. The number of hydrogen-bond donors (Lipinski definition) is 0. The van der Waals surface area contributed by atoms with Gasteiger partial charge in [-0.15, -0.1) is 0 Å². The summed E-state index contributed by atoms with van der Waals surface area (Å²) in [5.41, 5.74) is 3.92. The zero-order valence-electron chi connectivity index (χ0n) is 17.3. The van der Waals surface area contributed by atoms with Crippen molar-refractivity contribution < 1.29 is 13.2 Å². The van der Waals surface area contributed by atoms with E-state index < -0.39 is 10.0 Å². The predicted octanol–water partition coefficient (Wildman–Crippen LogP) is 2.80. The number of aryl methyl sites for hydroxylation is 4. The Labute approximate surface area is 180 Å². The van der Waals surface area contributed by atoms with Crippen LogP contribution in [0.1, 0.15) is 28.9 Å². The van der Waals surface area contributed by atoms with Crippen LogP contribution in [0.5, 0.6) is 0 Å². The Morgan fingerprint density at radius 2 is 1.72 bits per heavy atom. The highest BCUT2D eigenvalue weighted by molar-refractivity contribution is 9.10. The molecule has 158 valence electrons. The average Bonchev–Trinajstić information content (AvgIpc) is 2.95. The Kier molecular flexibility index (Phi) is 6.50. The van der Waals surface area contributed by atoms with Gasteiger partial charge in [-0.1, -0.05) is 6.07 Å². The highest BCUT2D eigenvalue weighted by Gasteiger charge is 2.30. The number of nitrogens with zero attached hydrogens (tertiary/aromatic N) is 4. The number of carbonyl (C=O) groups excluding carboxylic acids is 1. The molecule has 0 radical (unpaired) electrons. The van der Waals surface area contributed by atoms with Crippen molar-refractivity contribution in [2.24, 2.45) is 0 Å². The van der Waals surface area contributed by atoms with Crippen LogP contribution in [0.25, 0.3) is 0 Å². The number of halogens is 1. The lowest BCUT2D eigenvalue weighted by Crippen LogP contribution is -2.50. The normalized spacial score (nSPS) is 15.7. The third-order valence-electron chi connectivity index (χ3n) is 5.54. The second-order valence-corrected chi connectivity index (χ2v) is 10.2. The van der Waals surface area contributed by atoms with Crippen LogP contribution in [0.4, 0.5) is 0 Å². The van der Waals surface area contributed by atoms with E-state index >= 15 is 0 Å². The highest BCUT2D eigenvalue weighted by atomic mass is 79.9. The van der Waals surface area contributed by atoms with Crippen molar-refractivity contribution in [3.8, 4) is 0 Å². The summed E-state index contributed by atoms with van der Waals surface area (Å²) in [6.45, 7) is 9.70. The lowest BCUT2D eigenvalue weighted by atomic mass is 10.1. The van der Waals surface area contributed by atoms with Gasteiger partial charge in [0, 0.05) is 38.3 Å². The Hall–Kier alpha value is -1.71. The molecule has 1 saturated heterocycles. The standard InChI is InChI=1S/C20H27BrN4O3S/c1-14-5-6-18(13-15(14)2)29(27,28)24-11-9-23(10-12-24)19(26)7-8-25-17(4)20(21)16(3)22-25/h5-6,13H,7-12H2,1-4H3. The second-order valence-electron chi connectivity index (χ2n) is 7.49. The summed E-state index contributed by atoms with van der Waals surface area (Å²) in [5.74, 6) is 0.0249. The summed E-state index contributed by atoms with van der Waals surface area (Å²) in [7, 11) is -3.54. The molecule has 3 rings (SSSR count). The number of amides is 1. The first kappa shape index (κ1) is 22.0. The molecule has 1 aliphatic rings. The van der Waals surface area contributed by atoms with Crippen LogP contribution in [0.3, 0.4) is 0 Å². The zero-order chi connectivity index (χ0) is 21.3. The number of sulfonamides is 1. The monoisotopic (exact) mass is 482 g/mol. The number of benzene rings is 1. The average molecular weight is 483 g/mol. The van der Waals surface area contributed by atoms with Crippen LogP contribution in [0, 0.1) is 27.7 Å². The Morgan fingerprint density at radius 1 is 1.07 bits per heavy atom. The Balaban J connectivity index is 1.58. The van der Waals surface area contributed by atoms with Crippen LogP contribution in [0.15, 0.2) is 27.6 Å². The predicted molar refractivity (Wildman–Crippen MR) is 115 cm³/mol. The van der Waals surface area contributed by atoms with Gasteiger partial charge >= 0.3 is 0 Å². The first-order valence-electron chi connectivity index (χ1n) is 9.66. The van der Waals surface area contributed by atoms with Crippen molar-refractivity contribution in [1.82, 2.24) is 19.0 Å². The molecule has 0 spiro atoms. The largest absolute Gasteiger partial charge is 0.340 e. The van der Waals surface area contributed by atoms with Crippen molar-refractivity contribution in [3.05, 3.63) is 45.2 Å². The third kappa shape index (κ3) is 4.57. The summed E-state index contributed by atoms with van der Waals surface area (Å²) in [5, 5.41) is 4.43. The van der Waals surface area contributed by atoms with Crippen LogP contribution >= 0.6 is 15.9 Å². The summed E-state index contributed by atoms with van der Waals surface area (Å²) >= 11 is 3.50. The molecule has 29 heavy (non-hydrogen) atoms.